The van der Waals surface area contributed by atoms with Crippen LogP contribution in [0.3, 0.4) is 0 Å². The molecule has 1 amide bonds. The number of hydrogen-bond acceptors (Lipinski definition) is 4. The number of carbonyl (C=O) groups is 1. The zero-order valence-corrected chi connectivity index (χ0v) is 12.4. The first-order valence-corrected chi connectivity index (χ1v) is 7.69. The summed E-state index contributed by atoms with van der Waals surface area (Å²) in [5, 5.41) is 3.26. The minimum absolute atomic E-state index is 0.171. The van der Waals surface area contributed by atoms with E-state index >= 15 is 0 Å². The normalized spacial score (nSPS) is 19.0. The molecule has 1 aromatic carbocycles. The molecule has 114 valence electrons. The van der Waals surface area contributed by atoms with Crippen molar-refractivity contribution in [2.24, 2.45) is 0 Å². The van der Waals surface area contributed by atoms with E-state index in [9.17, 15) is 4.79 Å². The summed E-state index contributed by atoms with van der Waals surface area (Å²) in [6.45, 7) is 4.83. The number of piperidine rings is 1. The number of fused-ring (bicyclic) bond motifs is 1. The third-order valence-electron chi connectivity index (χ3n) is 3.96. The molecule has 1 atom stereocenters. The lowest BCUT2D eigenvalue weighted by Crippen LogP contribution is -2.43. The second-order valence-electron chi connectivity index (χ2n) is 5.61. The molecule has 2 aliphatic rings. The van der Waals surface area contributed by atoms with Crippen molar-refractivity contribution in [1.29, 1.82) is 0 Å². The molecule has 1 N–H and O–H groups in total. The van der Waals surface area contributed by atoms with Gasteiger partial charge < -0.3 is 19.7 Å². The van der Waals surface area contributed by atoms with Gasteiger partial charge in [-0.2, -0.15) is 0 Å². The summed E-state index contributed by atoms with van der Waals surface area (Å²) in [5.41, 5.74) is 0.886. The zero-order chi connectivity index (χ0) is 14.7. The summed E-state index contributed by atoms with van der Waals surface area (Å²) >= 11 is 0. The maximum absolute atomic E-state index is 12.4. The van der Waals surface area contributed by atoms with Crippen molar-refractivity contribution < 1.29 is 14.3 Å². The van der Waals surface area contributed by atoms with Gasteiger partial charge in [0.05, 0.1) is 0 Å². The third-order valence-corrected chi connectivity index (χ3v) is 3.96. The molecule has 0 spiro atoms. The Bertz CT molecular complexity index is 512. The maximum atomic E-state index is 12.4. The van der Waals surface area contributed by atoms with E-state index in [0.29, 0.717) is 13.2 Å². The third kappa shape index (κ3) is 3.23. The molecule has 1 fully saturated rings. The molecule has 0 bridgehead atoms. The second-order valence-corrected chi connectivity index (χ2v) is 5.61. The summed E-state index contributed by atoms with van der Waals surface area (Å²) in [6, 6.07) is 5.47. The Kier molecular flexibility index (Phi) is 4.18. The molecule has 0 unspecified atom stereocenters. The van der Waals surface area contributed by atoms with E-state index in [0.717, 1.165) is 43.1 Å². The summed E-state index contributed by atoms with van der Waals surface area (Å²) in [5.74, 6) is 1.68. The fraction of sp³-hybridized carbons (Fsp3) is 0.562. The summed E-state index contributed by atoms with van der Waals surface area (Å²) < 4.78 is 11.1. The van der Waals surface area contributed by atoms with Crippen LogP contribution in [0.2, 0.25) is 0 Å². The van der Waals surface area contributed by atoms with Crippen molar-refractivity contribution in [1.82, 2.24) is 4.90 Å². The van der Waals surface area contributed by atoms with E-state index in [-0.39, 0.29) is 11.9 Å². The van der Waals surface area contributed by atoms with Crippen LogP contribution in [0.15, 0.2) is 18.2 Å². The number of likely N-dealkylation sites (tertiary alicyclic amines) is 1. The Hall–Kier alpha value is -1.91. The van der Waals surface area contributed by atoms with Crippen molar-refractivity contribution in [3.05, 3.63) is 18.2 Å². The van der Waals surface area contributed by atoms with Crippen molar-refractivity contribution in [2.75, 3.05) is 31.6 Å². The predicted octanol–water partition coefficient (Wildman–Crippen LogP) is 2.27. The van der Waals surface area contributed by atoms with Gasteiger partial charge in [0.1, 0.15) is 19.3 Å². The lowest BCUT2D eigenvalue weighted by Gasteiger charge is -2.30. The number of ether oxygens (including phenoxy) is 2. The Morgan fingerprint density at radius 3 is 2.62 bits per heavy atom. The lowest BCUT2D eigenvalue weighted by molar-refractivity contribution is -0.132. The minimum Gasteiger partial charge on any atom is -0.486 e. The van der Waals surface area contributed by atoms with Crippen LogP contribution in [0.25, 0.3) is 0 Å². The first kappa shape index (κ1) is 14.0. The predicted molar refractivity (Wildman–Crippen MR) is 80.9 cm³/mol. The van der Waals surface area contributed by atoms with Gasteiger partial charge in [-0.1, -0.05) is 0 Å². The van der Waals surface area contributed by atoms with Crippen LogP contribution in [0.1, 0.15) is 26.2 Å². The van der Waals surface area contributed by atoms with Gasteiger partial charge in [-0.05, 0) is 38.3 Å². The van der Waals surface area contributed by atoms with Crippen LogP contribution in [-0.4, -0.2) is 43.2 Å². The van der Waals surface area contributed by atoms with Crippen molar-refractivity contribution >= 4 is 11.6 Å². The molecule has 3 rings (SSSR count). The fourth-order valence-corrected chi connectivity index (χ4v) is 2.83. The molecule has 1 aromatic rings. The Morgan fingerprint density at radius 1 is 1.14 bits per heavy atom. The molecule has 1 saturated heterocycles. The lowest BCUT2D eigenvalue weighted by atomic mass is 10.1. The van der Waals surface area contributed by atoms with Gasteiger partial charge in [-0.25, -0.2) is 0 Å². The number of amides is 1. The average Bonchev–Trinajstić information content (AvgIpc) is 2.55. The highest BCUT2D eigenvalue weighted by atomic mass is 16.6. The number of benzene rings is 1. The van der Waals surface area contributed by atoms with Crippen LogP contribution in [0.4, 0.5) is 5.69 Å². The molecule has 0 aliphatic carbocycles. The van der Waals surface area contributed by atoms with Gasteiger partial charge in [-0.15, -0.1) is 0 Å². The first-order valence-electron chi connectivity index (χ1n) is 7.69. The standard InChI is InChI=1S/C16H22N2O3/c1-12(16(19)18-7-3-2-4-8-18)17-13-5-6-14-15(11-13)21-10-9-20-14/h5-6,11-12,17H,2-4,7-10H2,1H3/t12-/m0/s1. The summed E-state index contributed by atoms with van der Waals surface area (Å²) in [7, 11) is 0. The molecule has 5 nitrogen and oxygen atoms in total. The van der Waals surface area contributed by atoms with Crippen LogP contribution in [-0.2, 0) is 4.79 Å². The average molecular weight is 290 g/mol. The Balaban J connectivity index is 1.63. The summed E-state index contributed by atoms with van der Waals surface area (Å²) in [4.78, 5) is 14.4. The molecular weight excluding hydrogens is 268 g/mol. The number of carbonyl (C=O) groups excluding carboxylic acids is 1. The molecule has 2 heterocycles. The summed E-state index contributed by atoms with van der Waals surface area (Å²) in [6.07, 6.45) is 3.46. The highest BCUT2D eigenvalue weighted by Crippen LogP contribution is 2.32. The molecule has 0 aromatic heterocycles. The van der Waals surface area contributed by atoms with Crippen molar-refractivity contribution in [2.45, 2.75) is 32.2 Å². The minimum atomic E-state index is -0.231. The van der Waals surface area contributed by atoms with Gasteiger partial charge in [0, 0.05) is 24.8 Å². The number of rotatable bonds is 3. The quantitative estimate of drug-likeness (QED) is 0.928. The van der Waals surface area contributed by atoms with Crippen molar-refractivity contribution in [3.63, 3.8) is 0 Å². The smallest absolute Gasteiger partial charge is 0.244 e. The fourth-order valence-electron chi connectivity index (χ4n) is 2.83. The Morgan fingerprint density at radius 2 is 1.86 bits per heavy atom. The molecule has 21 heavy (non-hydrogen) atoms. The molecular formula is C16H22N2O3. The molecule has 5 heteroatoms. The van der Waals surface area contributed by atoms with Gasteiger partial charge in [0.2, 0.25) is 5.91 Å². The Labute approximate surface area is 125 Å². The zero-order valence-electron chi connectivity index (χ0n) is 12.4. The van der Waals surface area contributed by atoms with Crippen molar-refractivity contribution in [3.8, 4) is 11.5 Å². The SMILES string of the molecule is C[C@H](Nc1ccc2c(c1)OCCO2)C(=O)N1CCCCC1. The van der Waals surface area contributed by atoms with Crippen LogP contribution in [0, 0.1) is 0 Å². The van der Waals surface area contributed by atoms with E-state index in [2.05, 4.69) is 5.32 Å². The van der Waals surface area contributed by atoms with Crippen LogP contribution >= 0.6 is 0 Å². The number of hydrogen-bond donors (Lipinski definition) is 1. The van der Waals surface area contributed by atoms with Gasteiger partial charge in [0.25, 0.3) is 0 Å². The maximum Gasteiger partial charge on any atom is 0.244 e. The van der Waals surface area contributed by atoms with Crippen LogP contribution < -0.4 is 14.8 Å². The van der Waals surface area contributed by atoms with Crippen LogP contribution in [0.5, 0.6) is 11.5 Å². The van der Waals surface area contributed by atoms with Gasteiger partial charge in [0.15, 0.2) is 11.5 Å². The van der Waals surface area contributed by atoms with E-state index in [4.69, 9.17) is 9.47 Å². The first-order chi connectivity index (χ1) is 10.2. The van der Waals surface area contributed by atoms with E-state index in [1.54, 1.807) is 0 Å². The number of anilines is 1. The number of nitrogens with one attached hydrogen (secondary N) is 1. The second kappa shape index (κ2) is 6.24. The molecule has 0 radical (unpaired) electrons. The molecule has 0 saturated carbocycles. The van der Waals surface area contributed by atoms with E-state index < -0.39 is 0 Å². The van der Waals surface area contributed by atoms with E-state index in [1.807, 2.05) is 30.0 Å². The monoisotopic (exact) mass is 290 g/mol. The van der Waals surface area contributed by atoms with Gasteiger partial charge >= 0.3 is 0 Å². The molecule has 2 aliphatic heterocycles. The van der Waals surface area contributed by atoms with E-state index in [1.165, 1.54) is 6.42 Å². The highest BCUT2D eigenvalue weighted by Gasteiger charge is 2.22. The largest absolute Gasteiger partial charge is 0.486 e. The van der Waals surface area contributed by atoms with Gasteiger partial charge in [-0.3, -0.25) is 4.79 Å². The topological polar surface area (TPSA) is 50.8 Å². The highest BCUT2D eigenvalue weighted by molar-refractivity contribution is 5.84. The number of nitrogens with zero attached hydrogens (tertiary/aromatic N) is 1.